The van der Waals surface area contributed by atoms with E-state index in [1.54, 1.807) is 36.4 Å². The van der Waals surface area contributed by atoms with E-state index in [9.17, 15) is 32.3 Å². The van der Waals surface area contributed by atoms with Gasteiger partial charge in [-0.3, -0.25) is 28.7 Å². The van der Waals surface area contributed by atoms with E-state index in [-0.39, 0.29) is 12.2 Å². The van der Waals surface area contributed by atoms with Crippen LogP contribution in [0.5, 0.6) is 0 Å². The van der Waals surface area contributed by atoms with Gasteiger partial charge in [0.1, 0.15) is 11.8 Å². The van der Waals surface area contributed by atoms with Crippen LogP contribution in [-0.2, 0) is 27.1 Å². The highest BCUT2D eigenvalue weighted by atomic mass is 35.5. The van der Waals surface area contributed by atoms with E-state index in [1.165, 1.54) is 23.0 Å². The number of carbonyl (C=O) groups is 3. The van der Waals surface area contributed by atoms with Crippen LogP contribution in [0.1, 0.15) is 21.9 Å². The molecule has 0 spiro atoms. The summed E-state index contributed by atoms with van der Waals surface area (Å²) in [5.41, 5.74) is -0.162. The number of nitrogens with one attached hydrogen (secondary N) is 1. The Labute approximate surface area is 249 Å². The normalized spacial score (nSPS) is 19.9. The molecule has 0 bridgehead atoms. The molecule has 2 aliphatic heterocycles. The molecule has 6 rings (SSSR count). The van der Waals surface area contributed by atoms with Crippen molar-refractivity contribution in [1.29, 1.82) is 0 Å². The smallest absolute Gasteiger partial charge is 0.325 e. The summed E-state index contributed by atoms with van der Waals surface area (Å²) in [6.07, 6.45) is -1.62. The average Bonchev–Trinajstić information content (AvgIpc) is 3.40. The number of thioether (sulfide) groups is 1. The Hall–Kier alpha value is -3.94. The topological polar surface area (TPSA) is 101 Å². The van der Waals surface area contributed by atoms with Crippen molar-refractivity contribution >= 4 is 63.8 Å². The SMILES string of the molecule is O=C(Cn1c2c(sc1=O)C(c1cccnc1)C1C(=O)N(c3cccc(C(F)(F)F)c3)C(=O)C1S2)Nc1ccc(Cl)cc1. The number of rotatable bonds is 5. The number of benzene rings is 2. The number of amides is 3. The van der Waals surface area contributed by atoms with Crippen molar-refractivity contribution in [3.05, 3.63) is 104 Å². The highest BCUT2D eigenvalue weighted by molar-refractivity contribution is 8.00. The molecule has 3 atom stereocenters. The second-order valence-corrected chi connectivity index (χ2v) is 12.1. The van der Waals surface area contributed by atoms with Crippen LogP contribution in [0, 0.1) is 5.92 Å². The highest BCUT2D eigenvalue weighted by Gasteiger charge is 2.57. The molecule has 1 N–H and O–H groups in total. The number of hydrogen-bond donors (Lipinski definition) is 1. The zero-order chi connectivity index (χ0) is 29.8. The van der Waals surface area contributed by atoms with Crippen molar-refractivity contribution in [2.45, 2.75) is 28.9 Å². The van der Waals surface area contributed by atoms with E-state index < -0.39 is 51.4 Å². The molecule has 4 aromatic rings. The van der Waals surface area contributed by atoms with Crippen LogP contribution in [0.25, 0.3) is 0 Å². The summed E-state index contributed by atoms with van der Waals surface area (Å²) in [5, 5.41) is 2.48. The molecule has 0 radical (unpaired) electrons. The molecule has 2 aromatic heterocycles. The molecule has 0 aliphatic carbocycles. The first-order valence-electron chi connectivity index (χ1n) is 12.4. The molecule has 2 aliphatic rings. The van der Waals surface area contributed by atoms with Gasteiger partial charge >= 0.3 is 11.0 Å². The van der Waals surface area contributed by atoms with Crippen LogP contribution in [0.15, 0.2) is 82.9 Å². The lowest BCUT2D eigenvalue weighted by molar-refractivity contribution is -0.137. The van der Waals surface area contributed by atoms with E-state index in [1.807, 2.05) is 0 Å². The minimum Gasteiger partial charge on any atom is -0.325 e. The minimum absolute atomic E-state index is 0.192. The van der Waals surface area contributed by atoms with Crippen molar-refractivity contribution in [2.75, 3.05) is 10.2 Å². The van der Waals surface area contributed by atoms with Crippen LogP contribution in [0.4, 0.5) is 24.5 Å². The van der Waals surface area contributed by atoms with Crippen molar-refractivity contribution in [3.8, 4) is 0 Å². The summed E-state index contributed by atoms with van der Waals surface area (Å²) in [4.78, 5) is 58.6. The fourth-order valence-corrected chi connectivity index (χ4v) is 8.03. The molecule has 3 unspecified atom stereocenters. The first kappa shape index (κ1) is 28.2. The lowest BCUT2D eigenvalue weighted by atomic mass is 9.84. The fraction of sp³-hybridized carbons (Fsp3) is 0.179. The Morgan fingerprint density at radius 3 is 2.48 bits per heavy atom. The van der Waals surface area contributed by atoms with Crippen LogP contribution >= 0.6 is 34.7 Å². The van der Waals surface area contributed by atoms with Gasteiger partial charge in [0.2, 0.25) is 17.7 Å². The molecular weight excluding hydrogens is 613 g/mol. The Balaban J connectivity index is 1.39. The summed E-state index contributed by atoms with van der Waals surface area (Å²) in [6.45, 7) is -0.364. The van der Waals surface area contributed by atoms with Gasteiger partial charge in [0, 0.05) is 33.9 Å². The minimum atomic E-state index is -4.67. The number of thiazole rings is 1. The maximum absolute atomic E-state index is 13.8. The highest BCUT2D eigenvalue weighted by Crippen LogP contribution is 2.54. The van der Waals surface area contributed by atoms with Gasteiger partial charge in [-0.1, -0.05) is 46.8 Å². The second-order valence-electron chi connectivity index (χ2n) is 9.57. The Morgan fingerprint density at radius 1 is 1.02 bits per heavy atom. The van der Waals surface area contributed by atoms with Gasteiger partial charge in [0.05, 0.1) is 22.2 Å². The zero-order valence-electron chi connectivity index (χ0n) is 21.2. The molecule has 8 nitrogen and oxygen atoms in total. The van der Waals surface area contributed by atoms with Gasteiger partial charge < -0.3 is 5.32 Å². The number of aromatic nitrogens is 2. The Bertz CT molecular complexity index is 1780. The number of carbonyl (C=O) groups excluding carboxylic acids is 3. The number of pyridine rings is 1. The van der Waals surface area contributed by atoms with Gasteiger partial charge in [-0.2, -0.15) is 13.2 Å². The van der Waals surface area contributed by atoms with Crippen LogP contribution in [-0.4, -0.2) is 32.5 Å². The first-order chi connectivity index (χ1) is 20.0. The van der Waals surface area contributed by atoms with Crippen molar-refractivity contribution in [3.63, 3.8) is 0 Å². The maximum atomic E-state index is 13.8. The fourth-order valence-electron chi connectivity index (χ4n) is 5.13. The number of fused-ring (bicyclic) bond motifs is 2. The Morgan fingerprint density at radius 2 is 1.79 bits per heavy atom. The lowest BCUT2D eigenvalue weighted by Gasteiger charge is -2.30. The largest absolute Gasteiger partial charge is 0.416 e. The summed E-state index contributed by atoms with van der Waals surface area (Å²) in [5.74, 6) is -3.68. The van der Waals surface area contributed by atoms with E-state index in [2.05, 4.69) is 10.3 Å². The summed E-state index contributed by atoms with van der Waals surface area (Å²) >= 11 is 7.72. The van der Waals surface area contributed by atoms with Crippen molar-refractivity contribution in [2.24, 2.45) is 5.92 Å². The number of alkyl halides is 3. The van der Waals surface area contributed by atoms with Gasteiger partial charge in [0.15, 0.2) is 0 Å². The predicted octanol–water partition coefficient (Wildman–Crippen LogP) is 5.41. The molecular formula is C28H18ClF3N4O4S2. The molecule has 1 saturated heterocycles. The molecule has 14 heteroatoms. The number of imide groups is 1. The van der Waals surface area contributed by atoms with Crippen LogP contribution in [0.2, 0.25) is 5.02 Å². The lowest BCUT2D eigenvalue weighted by Crippen LogP contribution is -2.33. The summed E-state index contributed by atoms with van der Waals surface area (Å²) in [7, 11) is 0. The van der Waals surface area contributed by atoms with E-state index >= 15 is 0 Å². The third-order valence-corrected chi connectivity index (χ3v) is 9.81. The number of nitrogens with zero attached hydrogens (tertiary/aromatic N) is 3. The summed E-state index contributed by atoms with van der Waals surface area (Å²) < 4.78 is 41.6. The molecule has 42 heavy (non-hydrogen) atoms. The van der Waals surface area contributed by atoms with E-state index in [4.69, 9.17) is 11.6 Å². The quantitative estimate of drug-likeness (QED) is 0.296. The average molecular weight is 631 g/mol. The van der Waals surface area contributed by atoms with E-state index in [0.717, 1.165) is 46.2 Å². The molecule has 0 saturated carbocycles. The number of anilines is 2. The molecule has 4 heterocycles. The Kier molecular flexibility index (Phi) is 7.19. The predicted molar refractivity (Wildman–Crippen MR) is 152 cm³/mol. The van der Waals surface area contributed by atoms with Gasteiger partial charge in [-0.05, 0) is 54.1 Å². The second kappa shape index (κ2) is 10.7. The third kappa shape index (κ3) is 5.01. The third-order valence-electron chi connectivity index (χ3n) is 6.95. The molecule has 2 aromatic carbocycles. The summed E-state index contributed by atoms with van der Waals surface area (Å²) in [6, 6.07) is 13.8. The molecule has 1 fully saturated rings. The van der Waals surface area contributed by atoms with Crippen molar-refractivity contribution in [1.82, 2.24) is 9.55 Å². The van der Waals surface area contributed by atoms with Crippen molar-refractivity contribution < 1.29 is 27.6 Å². The number of hydrogen-bond acceptors (Lipinski definition) is 7. The zero-order valence-corrected chi connectivity index (χ0v) is 23.6. The van der Waals surface area contributed by atoms with Crippen LogP contribution < -0.4 is 15.1 Å². The van der Waals surface area contributed by atoms with Crippen LogP contribution in [0.3, 0.4) is 0 Å². The first-order valence-corrected chi connectivity index (χ1v) is 14.5. The number of halogens is 4. The molecule has 3 amide bonds. The monoisotopic (exact) mass is 630 g/mol. The molecule has 214 valence electrons. The van der Waals surface area contributed by atoms with Gasteiger partial charge in [-0.15, -0.1) is 0 Å². The van der Waals surface area contributed by atoms with Gasteiger partial charge in [0.25, 0.3) is 0 Å². The van der Waals surface area contributed by atoms with E-state index in [0.29, 0.717) is 26.2 Å². The standard InChI is InChI=1S/C28H18ClF3N4O4S2/c29-16-6-8-17(9-7-16)34-19(37)13-35-26-23(42-27(35)40)20(14-3-2-10-33-12-14)21-22(41-26)25(39)36(24(21)38)18-5-1-4-15(11-18)28(30,31)32/h1-12,20-22H,13H2,(H,34,37). The maximum Gasteiger partial charge on any atom is 0.416 e. The van der Waals surface area contributed by atoms with Gasteiger partial charge in [-0.25, -0.2) is 4.90 Å².